The van der Waals surface area contributed by atoms with Gasteiger partial charge in [0.1, 0.15) is 22.7 Å². The van der Waals surface area contributed by atoms with Crippen molar-refractivity contribution in [1.29, 1.82) is 0 Å². The zero-order valence-corrected chi connectivity index (χ0v) is 14.6. The smallest absolute Gasteiger partial charge is 0.143 e. The standard InChI is InChI=1S/C19H21N3OS/c1-2-14-11-15-18(20-12-21-19(15)24-14)22-16-9-5-6-10-17(16)23-13-7-3-4-8-13/h5-6,9-13H,2-4,7-8H2,1H3,(H,20,21,22). The van der Waals surface area contributed by atoms with E-state index in [0.717, 1.165) is 46.7 Å². The maximum absolute atomic E-state index is 6.21. The third kappa shape index (κ3) is 3.08. The number of aromatic nitrogens is 2. The molecule has 2 aromatic heterocycles. The Morgan fingerprint density at radius 2 is 2.04 bits per heavy atom. The molecule has 5 heteroatoms. The zero-order chi connectivity index (χ0) is 16.4. The molecule has 3 aromatic rings. The maximum Gasteiger partial charge on any atom is 0.143 e. The van der Waals surface area contributed by atoms with Crippen LogP contribution in [0.25, 0.3) is 10.2 Å². The van der Waals surface area contributed by atoms with Gasteiger partial charge in [-0.2, -0.15) is 0 Å². The second-order valence-corrected chi connectivity index (χ2v) is 7.27. The molecule has 0 amide bonds. The molecule has 1 aliphatic rings. The predicted octanol–water partition coefficient (Wildman–Crippen LogP) is 5.32. The number of hydrogen-bond donors (Lipinski definition) is 1. The first-order chi connectivity index (χ1) is 11.8. The SMILES string of the molecule is CCc1cc2c(Nc3ccccc3OC3CCCC3)ncnc2s1. The van der Waals surface area contributed by atoms with Gasteiger partial charge in [0, 0.05) is 4.88 Å². The molecule has 0 spiro atoms. The number of hydrogen-bond acceptors (Lipinski definition) is 5. The largest absolute Gasteiger partial charge is 0.488 e. The summed E-state index contributed by atoms with van der Waals surface area (Å²) in [6, 6.07) is 10.3. The Morgan fingerprint density at radius 3 is 2.88 bits per heavy atom. The van der Waals surface area contributed by atoms with Gasteiger partial charge in [0.2, 0.25) is 0 Å². The first kappa shape index (κ1) is 15.4. The van der Waals surface area contributed by atoms with Crippen LogP contribution in [0, 0.1) is 0 Å². The van der Waals surface area contributed by atoms with E-state index < -0.39 is 0 Å². The quantitative estimate of drug-likeness (QED) is 0.683. The third-order valence-corrected chi connectivity index (χ3v) is 5.65. The number of para-hydroxylation sites is 2. The molecule has 0 unspecified atom stereocenters. The fraction of sp³-hybridized carbons (Fsp3) is 0.368. The Kier molecular flexibility index (Phi) is 4.34. The lowest BCUT2D eigenvalue weighted by Gasteiger charge is -2.17. The Morgan fingerprint density at radius 1 is 1.21 bits per heavy atom. The minimum Gasteiger partial charge on any atom is -0.488 e. The highest BCUT2D eigenvalue weighted by Crippen LogP contribution is 2.34. The maximum atomic E-state index is 6.21. The van der Waals surface area contributed by atoms with Gasteiger partial charge < -0.3 is 10.1 Å². The third-order valence-electron chi connectivity index (χ3n) is 4.46. The average Bonchev–Trinajstić information content (AvgIpc) is 3.26. The summed E-state index contributed by atoms with van der Waals surface area (Å²) in [4.78, 5) is 11.2. The van der Waals surface area contributed by atoms with E-state index in [0.29, 0.717) is 6.10 Å². The van der Waals surface area contributed by atoms with E-state index in [1.807, 2.05) is 24.3 Å². The van der Waals surface area contributed by atoms with Crippen molar-refractivity contribution in [2.75, 3.05) is 5.32 Å². The number of aryl methyl sites for hydroxylation is 1. The Bertz CT molecular complexity index is 839. The molecule has 1 aromatic carbocycles. The second kappa shape index (κ2) is 6.77. The highest BCUT2D eigenvalue weighted by molar-refractivity contribution is 7.18. The number of benzene rings is 1. The lowest BCUT2D eigenvalue weighted by Crippen LogP contribution is -2.12. The molecule has 0 radical (unpaired) electrons. The Hall–Kier alpha value is -2.14. The van der Waals surface area contributed by atoms with Crippen LogP contribution in [0.2, 0.25) is 0 Å². The molecular formula is C19H21N3OS. The Labute approximate surface area is 145 Å². The van der Waals surface area contributed by atoms with E-state index in [-0.39, 0.29) is 0 Å². The van der Waals surface area contributed by atoms with Crippen molar-refractivity contribution in [3.8, 4) is 5.75 Å². The van der Waals surface area contributed by atoms with E-state index >= 15 is 0 Å². The van der Waals surface area contributed by atoms with Gasteiger partial charge >= 0.3 is 0 Å². The van der Waals surface area contributed by atoms with Crippen LogP contribution in [0.3, 0.4) is 0 Å². The van der Waals surface area contributed by atoms with Crippen LogP contribution in [0.5, 0.6) is 5.75 Å². The molecule has 24 heavy (non-hydrogen) atoms. The molecule has 1 N–H and O–H groups in total. The van der Waals surface area contributed by atoms with E-state index in [1.54, 1.807) is 17.7 Å². The molecule has 1 aliphatic carbocycles. The van der Waals surface area contributed by atoms with Gasteiger partial charge in [-0.05, 0) is 50.3 Å². The molecule has 124 valence electrons. The number of nitrogens with zero attached hydrogens (tertiary/aromatic N) is 2. The predicted molar refractivity (Wildman–Crippen MR) is 99.4 cm³/mol. The number of rotatable bonds is 5. The summed E-state index contributed by atoms with van der Waals surface area (Å²) in [5.41, 5.74) is 0.966. The fourth-order valence-corrected chi connectivity index (χ4v) is 4.10. The molecule has 1 fully saturated rings. The monoisotopic (exact) mass is 339 g/mol. The van der Waals surface area contributed by atoms with Crippen molar-refractivity contribution in [2.45, 2.75) is 45.1 Å². The summed E-state index contributed by atoms with van der Waals surface area (Å²) in [7, 11) is 0. The topological polar surface area (TPSA) is 47.0 Å². The first-order valence-corrected chi connectivity index (χ1v) is 9.41. The minimum atomic E-state index is 0.339. The van der Waals surface area contributed by atoms with E-state index in [1.165, 1.54) is 17.7 Å². The van der Waals surface area contributed by atoms with Gasteiger partial charge in [-0.3, -0.25) is 0 Å². The minimum absolute atomic E-state index is 0.339. The van der Waals surface area contributed by atoms with Crippen LogP contribution >= 0.6 is 11.3 Å². The van der Waals surface area contributed by atoms with Crippen molar-refractivity contribution < 1.29 is 4.74 Å². The van der Waals surface area contributed by atoms with Gasteiger partial charge in [-0.15, -0.1) is 11.3 Å². The highest BCUT2D eigenvalue weighted by atomic mass is 32.1. The van der Waals surface area contributed by atoms with Crippen LogP contribution < -0.4 is 10.1 Å². The molecule has 0 aliphatic heterocycles. The number of ether oxygens (including phenoxy) is 1. The molecule has 2 heterocycles. The van der Waals surface area contributed by atoms with E-state index in [4.69, 9.17) is 4.74 Å². The molecule has 0 atom stereocenters. The van der Waals surface area contributed by atoms with Crippen molar-refractivity contribution in [3.63, 3.8) is 0 Å². The molecule has 4 rings (SSSR count). The highest BCUT2D eigenvalue weighted by Gasteiger charge is 2.18. The lowest BCUT2D eigenvalue weighted by molar-refractivity contribution is 0.211. The second-order valence-electron chi connectivity index (χ2n) is 6.15. The summed E-state index contributed by atoms with van der Waals surface area (Å²) in [5, 5.41) is 4.54. The molecular weight excluding hydrogens is 318 g/mol. The molecule has 1 saturated carbocycles. The molecule has 0 bridgehead atoms. The van der Waals surface area contributed by atoms with Crippen LogP contribution in [0.1, 0.15) is 37.5 Å². The lowest BCUT2D eigenvalue weighted by atomic mass is 10.2. The van der Waals surface area contributed by atoms with Crippen molar-refractivity contribution in [3.05, 3.63) is 41.5 Å². The van der Waals surface area contributed by atoms with Crippen LogP contribution in [-0.4, -0.2) is 16.1 Å². The van der Waals surface area contributed by atoms with Gasteiger partial charge in [0.25, 0.3) is 0 Å². The normalized spacial score (nSPS) is 15.0. The number of nitrogens with one attached hydrogen (secondary N) is 1. The first-order valence-electron chi connectivity index (χ1n) is 8.59. The average molecular weight is 339 g/mol. The summed E-state index contributed by atoms with van der Waals surface area (Å²) >= 11 is 1.73. The summed E-state index contributed by atoms with van der Waals surface area (Å²) in [5.74, 6) is 1.75. The number of thiophene rings is 1. The Balaban J connectivity index is 1.64. The van der Waals surface area contributed by atoms with Crippen molar-refractivity contribution >= 4 is 33.1 Å². The van der Waals surface area contributed by atoms with Gasteiger partial charge in [-0.25, -0.2) is 9.97 Å². The summed E-state index contributed by atoms with van der Waals surface area (Å²) in [6.07, 6.45) is 7.81. The number of anilines is 2. The van der Waals surface area contributed by atoms with Crippen LogP contribution in [0.4, 0.5) is 11.5 Å². The molecule has 0 saturated heterocycles. The van der Waals surface area contributed by atoms with Gasteiger partial charge in [-0.1, -0.05) is 19.1 Å². The van der Waals surface area contributed by atoms with Crippen LogP contribution in [-0.2, 0) is 6.42 Å². The van der Waals surface area contributed by atoms with Crippen molar-refractivity contribution in [1.82, 2.24) is 9.97 Å². The van der Waals surface area contributed by atoms with E-state index in [9.17, 15) is 0 Å². The summed E-state index contributed by atoms with van der Waals surface area (Å²) < 4.78 is 6.21. The van der Waals surface area contributed by atoms with Gasteiger partial charge in [0.15, 0.2) is 0 Å². The van der Waals surface area contributed by atoms with Crippen LogP contribution in [0.15, 0.2) is 36.7 Å². The molecule has 4 nitrogen and oxygen atoms in total. The fourth-order valence-electron chi connectivity index (χ4n) is 3.17. The van der Waals surface area contributed by atoms with Crippen molar-refractivity contribution in [2.24, 2.45) is 0 Å². The summed E-state index contributed by atoms with van der Waals surface area (Å²) in [6.45, 7) is 2.16. The van der Waals surface area contributed by atoms with E-state index in [2.05, 4.69) is 28.3 Å². The number of fused-ring (bicyclic) bond motifs is 1. The van der Waals surface area contributed by atoms with Gasteiger partial charge in [0.05, 0.1) is 17.2 Å². The zero-order valence-electron chi connectivity index (χ0n) is 13.8.